The number of para-hydroxylation sites is 1. The van der Waals surface area contributed by atoms with Crippen molar-refractivity contribution in [2.45, 2.75) is 0 Å². The number of aromatic nitrogens is 2. The molecule has 0 saturated carbocycles. The third-order valence-corrected chi connectivity index (χ3v) is 2.49. The van der Waals surface area contributed by atoms with Crippen molar-refractivity contribution in [2.24, 2.45) is 5.84 Å². The maximum Gasteiger partial charge on any atom is 0.239 e. The summed E-state index contributed by atoms with van der Waals surface area (Å²) in [5.41, 5.74) is 3.35. The van der Waals surface area contributed by atoms with Crippen molar-refractivity contribution < 1.29 is 0 Å². The number of hydrogen-bond donors (Lipinski definition) is 3. The molecule has 0 atom stereocenters. The van der Waals surface area contributed by atoms with Crippen LogP contribution in [-0.4, -0.2) is 9.97 Å². The van der Waals surface area contributed by atoms with Gasteiger partial charge in [0.2, 0.25) is 5.95 Å². The number of hydrogen-bond acceptors (Lipinski definition) is 5. The fourth-order valence-corrected chi connectivity index (χ4v) is 1.47. The minimum Gasteiger partial charge on any atom is -0.339 e. The van der Waals surface area contributed by atoms with E-state index in [2.05, 4.69) is 36.6 Å². The molecule has 0 aliphatic heterocycles. The Kier molecular flexibility index (Phi) is 3.33. The number of benzene rings is 1. The Morgan fingerprint density at radius 1 is 1.19 bits per heavy atom. The van der Waals surface area contributed by atoms with Crippen molar-refractivity contribution in [3.05, 3.63) is 41.0 Å². The molecule has 0 spiro atoms. The molecule has 0 saturated heterocycles. The van der Waals surface area contributed by atoms with Crippen LogP contribution >= 0.6 is 15.9 Å². The number of rotatable bonds is 3. The van der Waals surface area contributed by atoms with Crippen LogP contribution in [0.2, 0.25) is 0 Å². The van der Waals surface area contributed by atoms with Crippen molar-refractivity contribution >= 4 is 33.4 Å². The van der Waals surface area contributed by atoms with Crippen LogP contribution < -0.4 is 16.6 Å². The summed E-state index contributed by atoms with van der Waals surface area (Å²) in [6, 6.07) is 9.74. The Balaban J connectivity index is 2.27. The van der Waals surface area contributed by atoms with Crippen LogP contribution in [-0.2, 0) is 0 Å². The van der Waals surface area contributed by atoms with Gasteiger partial charge in [-0.15, -0.1) is 0 Å². The number of anilines is 3. The van der Waals surface area contributed by atoms with Gasteiger partial charge in [0, 0.05) is 11.9 Å². The lowest BCUT2D eigenvalue weighted by Gasteiger charge is -2.08. The summed E-state index contributed by atoms with van der Waals surface area (Å²) in [6.07, 6.45) is 1.63. The van der Waals surface area contributed by atoms with E-state index in [9.17, 15) is 0 Å². The van der Waals surface area contributed by atoms with Crippen molar-refractivity contribution in [1.82, 2.24) is 9.97 Å². The highest BCUT2D eigenvalue weighted by atomic mass is 79.9. The van der Waals surface area contributed by atoms with E-state index in [1.54, 1.807) is 6.20 Å². The summed E-state index contributed by atoms with van der Waals surface area (Å²) in [5.74, 6) is 6.27. The molecule has 1 heterocycles. The maximum atomic E-state index is 5.24. The summed E-state index contributed by atoms with van der Waals surface area (Å²) in [6.45, 7) is 0. The van der Waals surface area contributed by atoms with Crippen LogP contribution in [0.5, 0.6) is 0 Å². The van der Waals surface area contributed by atoms with E-state index in [0.29, 0.717) is 11.8 Å². The highest BCUT2D eigenvalue weighted by Crippen LogP contribution is 2.23. The minimum absolute atomic E-state index is 0.363. The first-order valence-corrected chi connectivity index (χ1v) is 5.40. The van der Waals surface area contributed by atoms with Gasteiger partial charge in [-0.05, 0) is 28.1 Å². The third kappa shape index (κ3) is 2.47. The Morgan fingerprint density at radius 2 is 1.94 bits per heavy atom. The zero-order chi connectivity index (χ0) is 11.4. The second-order valence-corrected chi connectivity index (χ2v) is 3.88. The molecule has 2 rings (SSSR count). The first-order valence-electron chi connectivity index (χ1n) is 4.61. The molecule has 0 aliphatic rings. The molecular weight excluding hydrogens is 270 g/mol. The van der Waals surface area contributed by atoms with Crippen LogP contribution in [0.4, 0.5) is 17.5 Å². The van der Waals surface area contributed by atoms with Crippen LogP contribution in [0.3, 0.4) is 0 Å². The first kappa shape index (κ1) is 10.8. The average molecular weight is 280 g/mol. The second kappa shape index (κ2) is 4.91. The van der Waals surface area contributed by atoms with E-state index in [4.69, 9.17) is 5.84 Å². The first-order chi connectivity index (χ1) is 7.79. The molecule has 2 aromatic rings. The van der Waals surface area contributed by atoms with Crippen molar-refractivity contribution in [3.63, 3.8) is 0 Å². The number of hydrazine groups is 1. The standard InChI is InChI=1S/C10H10BrN5/c11-8-6-13-10(16-12)15-9(8)14-7-4-2-1-3-5-7/h1-6H,12H2,(H2,13,14,15,16). The molecule has 0 amide bonds. The van der Waals surface area contributed by atoms with Crippen molar-refractivity contribution in [1.29, 1.82) is 0 Å². The highest BCUT2D eigenvalue weighted by Gasteiger charge is 2.04. The molecule has 1 aromatic carbocycles. The fourth-order valence-electron chi connectivity index (χ4n) is 1.18. The topological polar surface area (TPSA) is 75.9 Å². The average Bonchev–Trinajstić information content (AvgIpc) is 2.33. The molecule has 6 heteroatoms. The lowest BCUT2D eigenvalue weighted by atomic mass is 10.3. The van der Waals surface area contributed by atoms with Gasteiger partial charge in [-0.3, -0.25) is 5.43 Å². The van der Waals surface area contributed by atoms with Gasteiger partial charge in [0.25, 0.3) is 0 Å². The molecular formula is C10H10BrN5. The number of nitrogens with zero attached hydrogens (tertiary/aromatic N) is 2. The summed E-state index contributed by atoms with van der Waals surface area (Å²) in [4.78, 5) is 8.15. The molecule has 0 bridgehead atoms. The number of halogens is 1. The van der Waals surface area contributed by atoms with Crippen LogP contribution in [0, 0.1) is 0 Å². The molecule has 5 nitrogen and oxygen atoms in total. The molecule has 0 fully saturated rings. The van der Waals surface area contributed by atoms with Crippen LogP contribution in [0.25, 0.3) is 0 Å². The van der Waals surface area contributed by atoms with Crippen LogP contribution in [0.15, 0.2) is 41.0 Å². The third-order valence-electron chi connectivity index (χ3n) is 1.91. The van der Waals surface area contributed by atoms with E-state index in [1.807, 2.05) is 30.3 Å². The van der Waals surface area contributed by atoms with Gasteiger partial charge in [-0.25, -0.2) is 10.8 Å². The molecule has 0 radical (unpaired) electrons. The van der Waals surface area contributed by atoms with Gasteiger partial charge in [0.05, 0.1) is 4.47 Å². The van der Waals surface area contributed by atoms with Gasteiger partial charge in [-0.1, -0.05) is 18.2 Å². The van der Waals surface area contributed by atoms with Crippen LogP contribution in [0.1, 0.15) is 0 Å². The quantitative estimate of drug-likeness (QED) is 0.594. The molecule has 82 valence electrons. The minimum atomic E-state index is 0.363. The van der Waals surface area contributed by atoms with Gasteiger partial charge in [-0.2, -0.15) is 4.98 Å². The number of nitrogen functional groups attached to an aromatic ring is 1. The Bertz CT molecular complexity index is 474. The fraction of sp³-hybridized carbons (Fsp3) is 0. The number of nitrogens with one attached hydrogen (secondary N) is 2. The lowest BCUT2D eigenvalue weighted by Crippen LogP contribution is -2.11. The molecule has 1 aromatic heterocycles. The van der Waals surface area contributed by atoms with Gasteiger partial charge in [0.15, 0.2) is 0 Å². The zero-order valence-electron chi connectivity index (χ0n) is 8.31. The predicted molar refractivity (Wildman–Crippen MR) is 67.3 cm³/mol. The number of nitrogens with two attached hydrogens (primary N) is 1. The Morgan fingerprint density at radius 3 is 2.62 bits per heavy atom. The molecule has 0 unspecified atom stereocenters. The lowest BCUT2D eigenvalue weighted by molar-refractivity contribution is 1.11. The summed E-state index contributed by atoms with van der Waals surface area (Å²) >= 11 is 3.36. The molecule has 0 aliphatic carbocycles. The monoisotopic (exact) mass is 279 g/mol. The van der Waals surface area contributed by atoms with E-state index >= 15 is 0 Å². The van der Waals surface area contributed by atoms with Gasteiger partial charge in [0.1, 0.15) is 5.82 Å². The SMILES string of the molecule is NNc1ncc(Br)c(Nc2ccccc2)n1. The zero-order valence-corrected chi connectivity index (χ0v) is 9.90. The molecule has 4 N–H and O–H groups in total. The summed E-state index contributed by atoms with van der Waals surface area (Å²) < 4.78 is 0.773. The highest BCUT2D eigenvalue weighted by molar-refractivity contribution is 9.10. The van der Waals surface area contributed by atoms with Crippen molar-refractivity contribution in [3.8, 4) is 0 Å². The second-order valence-electron chi connectivity index (χ2n) is 3.03. The smallest absolute Gasteiger partial charge is 0.239 e. The summed E-state index contributed by atoms with van der Waals surface area (Å²) in [5, 5.41) is 3.15. The van der Waals surface area contributed by atoms with E-state index in [1.165, 1.54) is 0 Å². The van der Waals surface area contributed by atoms with Gasteiger partial charge >= 0.3 is 0 Å². The van der Waals surface area contributed by atoms with E-state index < -0.39 is 0 Å². The molecule has 16 heavy (non-hydrogen) atoms. The Labute approximate surface area is 101 Å². The van der Waals surface area contributed by atoms with Crippen molar-refractivity contribution in [2.75, 3.05) is 10.7 Å². The normalized spacial score (nSPS) is 9.88. The maximum absolute atomic E-state index is 5.24. The Hall–Kier alpha value is -1.66. The van der Waals surface area contributed by atoms with E-state index in [-0.39, 0.29) is 0 Å². The van der Waals surface area contributed by atoms with Gasteiger partial charge < -0.3 is 5.32 Å². The largest absolute Gasteiger partial charge is 0.339 e. The summed E-state index contributed by atoms with van der Waals surface area (Å²) in [7, 11) is 0. The predicted octanol–water partition coefficient (Wildman–Crippen LogP) is 2.27. The van der Waals surface area contributed by atoms with E-state index in [0.717, 1.165) is 10.2 Å².